The van der Waals surface area contributed by atoms with Crippen molar-refractivity contribution in [2.45, 2.75) is 0 Å². The van der Waals surface area contributed by atoms with E-state index in [0.29, 0.717) is 0 Å². The molecule has 0 fully saturated rings. The van der Waals surface area contributed by atoms with Gasteiger partial charge in [0.2, 0.25) is 5.96 Å². The third kappa shape index (κ3) is 3.30. The van der Waals surface area contributed by atoms with E-state index in [2.05, 4.69) is 20.4 Å². The molecule has 0 saturated carbocycles. The Morgan fingerprint density at radius 2 is 2.19 bits per heavy atom. The van der Waals surface area contributed by atoms with Gasteiger partial charge in [-0.3, -0.25) is 4.98 Å². The number of hydrogen-bond donors (Lipinski definition) is 1. The maximum absolute atomic E-state index is 4.26. The smallest absolute Gasteiger partial charge is 0.214 e. The van der Waals surface area contributed by atoms with Gasteiger partial charge in [-0.1, -0.05) is 0 Å². The topological polar surface area (TPSA) is 52.9 Å². The largest absolute Gasteiger partial charge is 0.353 e. The lowest BCUT2D eigenvalue weighted by Crippen LogP contribution is -2.32. The van der Waals surface area contributed by atoms with Crippen molar-refractivity contribution in [3.63, 3.8) is 0 Å². The first kappa shape index (κ1) is 12.6. The van der Waals surface area contributed by atoms with E-state index in [4.69, 9.17) is 0 Å². The molecular weight excluding hydrogens is 270 g/mol. The van der Waals surface area contributed by atoms with E-state index in [1.807, 2.05) is 19.2 Å². The molecule has 1 N–H and O–H groups in total. The van der Waals surface area contributed by atoms with Crippen molar-refractivity contribution in [3.05, 3.63) is 30.1 Å². The highest BCUT2D eigenvalue weighted by Gasteiger charge is 2.07. The number of halogens is 1. The van der Waals surface area contributed by atoms with Gasteiger partial charge in [-0.2, -0.15) is 5.10 Å². The Morgan fingerprint density at radius 1 is 1.44 bits per heavy atom. The van der Waals surface area contributed by atoms with Crippen LogP contribution in [0.4, 0.5) is 0 Å². The molecule has 0 aliphatic carbocycles. The van der Waals surface area contributed by atoms with Gasteiger partial charge in [0, 0.05) is 26.0 Å². The Labute approximate surface area is 105 Å². The number of aromatic nitrogens is 1. The molecule has 16 heavy (non-hydrogen) atoms. The van der Waals surface area contributed by atoms with Gasteiger partial charge >= 0.3 is 0 Å². The number of rotatable bonds is 2. The molecule has 86 valence electrons. The number of guanidine groups is 1. The number of hydrazone groups is 1. The van der Waals surface area contributed by atoms with Gasteiger partial charge in [0.05, 0.1) is 12.8 Å². The van der Waals surface area contributed by atoms with E-state index in [9.17, 15) is 0 Å². The highest BCUT2D eigenvalue weighted by atomic mass is 79.9. The molecule has 2 heterocycles. The summed E-state index contributed by atoms with van der Waals surface area (Å²) in [7, 11) is 1.87. The monoisotopic (exact) mass is 283 g/mol. The molecule has 0 saturated heterocycles. The van der Waals surface area contributed by atoms with Gasteiger partial charge in [-0.15, -0.1) is 17.0 Å². The fourth-order valence-electron chi connectivity index (χ4n) is 1.26. The van der Waals surface area contributed by atoms with E-state index >= 15 is 0 Å². The fraction of sp³-hybridized carbons (Fsp3) is 0.300. The highest BCUT2D eigenvalue weighted by Crippen LogP contribution is 1.95. The van der Waals surface area contributed by atoms with Gasteiger partial charge < -0.3 is 5.32 Å². The summed E-state index contributed by atoms with van der Waals surface area (Å²) in [6.45, 7) is 1.72. The van der Waals surface area contributed by atoms with Crippen molar-refractivity contribution in [3.8, 4) is 0 Å². The fourth-order valence-corrected chi connectivity index (χ4v) is 1.26. The molecule has 0 spiro atoms. The summed E-state index contributed by atoms with van der Waals surface area (Å²) in [5.74, 6) is 0.820. The molecular formula is C10H14BrN5. The quantitative estimate of drug-likeness (QED) is 0.648. The summed E-state index contributed by atoms with van der Waals surface area (Å²) in [6, 6.07) is 3.81. The van der Waals surface area contributed by atoms with Crippen LogP contribution in [0, 0.1) is 0 Å². The van der Waals surface area contributed by atoms with Crippen molar-refractivity contribution in [1.82, 2.24) is 15.3 Å². The second-order valence-corrected chi connectivity index (χ2v) is 3.18. The van der Waals surface area contributed by atoms with Crippen molar-refractivity contribution in [2.24, 2.45) is 10.1 Å². The standard InChI is InChI=1S/C10H13N5.BrH/c1-15(10-12-6-7-13-10)14-8-9-2-4-11-5-3-9;/h2-5,8H,6-7H2,1H3,(H,12,13);1H/b14-8+;. The molecule has 1 aliphatic heterocycles. The van der Waals surface area contributed by atoms with E-state index in [-0.39, 0.29) is 17.0 Å². The van der Waals surface area contributed by atoms with Crippen LogP contribution in [-0.4, -0.2) is 42.3 Å². The first-order valence-electron chi connectivity index (χ1n) is 4.82. The zero-order valence-electron chi connectivity index (χ0n) is 9.00. The third-order valence-corrected chi connectivity index (χ3v) is 2.05. The molecule has 0 atom stereocenters. The van der Waals surface area contributed by atoms with Gasteiger partial charge in [-0.25, -0.2) is 10.0 Å². The molecule has 0 aromatic carbocycles. The van der Waals surface area contributed by atoms with Crippen molar-refractivity contribution < 1.29 is 0 Å². The molecule has 6 heteroatoms. The number of nitrogens with zero attached hydrogens (tertiary/aromatic N) is 4. The van der Waals surface area contributed by atoms with Crippen LogP contribution in [0.15, 0.2) is 34.6 Å². The molecule has 2 rings (SSSR count). The molecule has 5 nitrogen and oxygen atoms in total. The lowest BCUT2D eigenvalue weighted by atomic mass is 10.3. The summed E-state index contributed by atoms with van der Waals surface area (Å²) in [6.07, 6.45) is 5.27. The average Bonchev–Trinajstić information content (AvgIpc) is 2.81. The van der Waals surface area contributed by atoms with Crippen LogP contribution in [0.5, 0.6) is 0 Å². The van der Waals surface area contributed by atoms with Crippen molar-refractivity contribution >= 4 is 29.2 Å². The minimum Gasteiger partial charge on any atom is -0.353 e. The van der Waals surface area contributed by atoms with Crippen LogP contribution in [-0.2, 0) is 0 Å². The molecule has 1 aliphatic rings. The lowest BCUT2D eigenvalue weighted by Gasteiger charge is -2.11. The van der Waals surface area contributed by atoms with Crippen molar-refractivity contribution in [2.75, 3.05) is 20.1 Å². The summed E-state index contributed by atoms with van der Waals surface area (Å²) in [5.41, 5.74) is 1.02. The third-order valence-electron chi connectivity index (χ3n) is 2.05. The summed E-state index contributed by atoms with van der Waals surface area (Å²) >= 11 is 0. The predicted octanol–water partition coefficient (Wildman–Crippen LogP) is 0.884. The second kappa shape index (κ2) is 6.22. The number of hydrogen-bond acceptors (Lipinski definition) is 5. The Hall–Kier alpha value is -1.43. The van der Waals surface area contributed by atoms with E-state index in [1.54, 1.807) is 23.6 Å². The maximum atomic E-state index is 4.26. The lowest BCUT2D eigenvalue weighted by molar-refractivity contribution is 0.530. The van der Waals surface area contributed by atoms with Gasteiger partial charge in [0.1, 0.15) is 0 Å². The highest BCUT2D eigenvalue weighted by molar-refractivity contribution is 8.93. The minimum absolute atomic E-state index is 0. The SMILES string of the molecule is Br.CN(/N=C/c1ccncc1)C1=NCCN1. The number of nitrogens with one attached hydrogen (secondary N) is 1. The van der Waals surface area contributed by atoms with Crippen LogP contribution in [0.25, 0.3) is 0 Å². The van der Waals surface area contributed by atoms with Crippen LogP contribution >= 0.6 is 17.0 Å². The zero-order valence-corrected chi connectivity index (χ0v) is 10.7. The number of pyridine rings is 1. The Kier molecular flexibility index (Phi) is 4.91. The van der Waals surface area contributed by atoms with Crippen LogP contribution in [0.1, 0.15) is 5.56 Å². The summed E-state index contributed by atoms with van der Waals surface area (Å²) < 4.78 is 0. The molecule has 0 unspecified atom stereocenters. The molecule has 0 bridgehead atoms. The zero-order chi connectivity index (χ0) is 10.5. The maximum Gasteiger partial charge on any atom is 0.214 e. The van der Waals surface area contributed by atoms with Gasteiger partial charge in [0.25, 0.3) is 0 Å². The first-order valence-corrected chi connectivity index (χ1v) is 4.82. The molecule has 1 aromatic rings. The second-order valence-electron chi connectivity index (χ2n) is 3.18. The number of aliphatic imine (C=N–C) groups is 1. The Bertz CT molecular complexity index is 376. The minimum atomic E-state index is 0. The summed E-state index contributed by atoms with van der Waals surface area (Å²) in [4.78, 5) is 8.19. The normalized spacial score (nSPS) is 14.2. The molecule has 0 radical (unpaired) electrons. The van der Waals surface area contributed by atoms with Crippen LogP contribution in [0.3, 0.4) is 0 Å². The molecule has 0 amide bonds. The summed E-state index contributed by atoms with van der Waals surface area (Å²) in [5, 5.41) is 9.14. The van der Waals surface area contributed by atoms with Crippen LogP contribution in [0.2, 0.25) is 0 Å². The van der Waals surface area contributed by atoms with Crippen molar-refractivity contribution in [1.29, 1.82) is 0 Å². The van der Waals surface area contributed by atoms with Crippen LogP contribution < -0.4 is 5.32 Å². The van der Waals surface area contributed by atoms with E-state index in [0.717, 1.165) is 24.6 Å². The van der Waals surface area contributed by atoms with E-state index < -0.39 is 0 Å². The first-order chi connectivity index (χ1) is 7.36. The molecule has 1 aromatic heterocycles. The van der Waals surface area contributed by atoms with E-state index in [1.165, 1.54) is 0 Å². The average molecular weight is 284 g/mol. The van der Waals surface area contributed by atoms with Gasteiger partial charge in [-0.05, 0) is 17.7 Å². The Balaban J connectivity index is 0.00000128. The van der Waals surface area contributed by atoms with Gasteiger partial charge in [0.15, 0.2) is 0 Å². The predicted molar refractivity (Wildman–Crippen MR) is 70.2 cm³/mol. The Morgan fingerprint density at radius 3 is 2.81 bits per heavy atom.